The molecule has 0 saturated heterocycles. The molecule has 1 atom stereocenters. The molecule has 2 aromatic carbocycles. The second kappa shape index (κ2) is 7.79. The fourth-order valence-electron chi connectivity index (χ4n) is 3.03. The second-order valence-corrected chi connectivity index (χ2v) is 6.64. The van der Waals surface area contributed by atoms with Gasteiger partial charge in [0, 0.05) is 5.69 Å². The molecule has 0 aliphatic heterocycles. The van der Waals surface area contributed by atoms with Crippen LogP contribution in [0.5, 0.6) is 11.5 Å². The number of carbonyl (C=O) groups is 1. The minimum atomic E-state index is -0.609. The highest BCUT2D eigenvalue weighted by Gasteiger charge is 2.17. The van der Waals surface area contributed by atoms with Gasteiger partial charge in [0.1, 0.15) is 11.5 Å². The van der Waals surface area contributed by atoms with Gasteiger partial charge in [-0.1, -0.05) is 17.7 Å². The van der Waals surface area contributed by atoms with Crippen molar-refractivity contribution in [2.24, 2.45) is 0 Å². The molecule has 1 N–H and O–H groups in total. The number of nitrogens with one attached hydrogen (secondary N) is 1. The van der Waals surface area contributed by atoms with Crippen LogP contribution in [-0.2, 0) is 17.6 Å². The third-order valence-electron chi connectivity index (χ3n) is 4.42. The summed E-state index contributed by atoms with van der Waals surface area (Å²) < 4.78 is 10.9. The lowest BCUT2D eigenvalue weighted by Gasteiger charge is -2.19. The van der Waals surface area contributed by atoms with Crippen molar-refractivity contribution < 1.29 is 14.3 Å². The summed E-state index contributed by atoms with van der Waals surface area (Å²) in [6.07, 6.45) is 4.06. The van der Waals surface area contributed by atoms with Crippen molar-refractivity contribution in [3.05, 3.63) is 52.5 Å². The highest BCUT2D eigenvalue weighted by Crippen LogP contribution is 2.28. The Hall–Kier alpha value is -2.20. The third-order valence-corrected chi connectivity index (χ3v) is 4.72. The molecule has 0 unspecified atom stereocenters. The fraction of sp³-hybridized carbons (Fsp3) is 0.350. The zero-order valence-electron chi connectivity index (χ0n) is 14.5. The second-order valence-electron chi connectivity index (χ2n) is 6.24. The van der Waals surface area contributed by atoms with E-state index >= 15 is 0 Å². The Balaban J connectivity index is 1.63. The monoisotopic (exact) mass is 359 g/mol. The Labute approximate surface area is 153 Å². The van der Waals surface area contributed by atoms with Crippen LogP contribution in [0.4, 0.5) is 5.69 Å². The first-order valence-corrected chi connectivity index (χ1v) is 8.87. The zero-order valence-corrected chi connectivity index (χ0v) is 15.2. The third kappa shape index (κ3) is 4.26. The Morgan fingerprint density at radius 1 is 1.12 bits per heavy atom. The number of rotatable bonds is 5. The molecule has 25 heavy (non-hydrogen) atoms. The molecular weight excluding hydrogens is 338 g/mol. The summed E-state index contributed by atoms with van der Waals surface area (Å²) in [5.41, 5.74) is 3.33. The molecule has 0 spiro atoms. The van der Waals surface area contributed by atoms with Gasteiger partial charge in [0.25, 0.3) is 5.91 Å². The SMILES string of the molecule is COc1ccc(NC(=O)[C@H](C)Oc2ccc3c(c2)CCCC3)cc1Cl. The largest absolute Gasteiger partial charge is 0.495 e. The fourth-order valence-corrected chi connectivity index (χ4v) is 3.29. The standard InChI is InChI=1S/C20H22ClNO3/c1-13(20(23)22-16-8-10-19(24-2)18(21)12-16)25-17-9-7-14-5-3-4-6-15(14)11-17/h7-13H,3-6H2,1-2H3,(H,22,23)/t13-/m0/s1. The zero-order chi connectivity index (χ0) is 17.8. The maximum Gasteiger partial charge on any atom is 0.265 e. The van der Waals surface area contributed by atoms with Gasteiger partial charge in [0.2, 0.25) is 0 Å². The average Bonchev–Trinajstić information content (AvgIpc) is 2.61. The molecule has 0 aromatic heterocycles. The summed E-state index contributed by atoms with van der Waals surface area (Å²) in [5, 5.41) is 3.26. The Bertz CT molecular complexity index is 776. The van der Waals surface area contributed by atoms with Gasteiger partial charge >= 0.3 is 0 Å². The number of hydrogen-bond acceptors (Lipinski definition) is 3. The lowest BCUT2D eigenvalue weighted by atomic mass is 9.92. The number of anilines is 1. The van der Waals surface area contributed by atoms with Crippen LogP contribution >= 0.6 is 11.6 Å². The van der Waals surface area contributed by atoms with Gasteiger partial charge < -0.3 is 14.8 Å². The van der Waals surface area contributed by atoms with Crippen LogP contribution in [0.3, 0.4) is 0 Å². The number of aryl methyl sites for hydroxylation is 2. The first-order valence-electron chi connectivity index (χ1n) is 8.49. The lowest BCUT2D eigenvalue weighted by Crippen LogP contribution is -2.30. The van der Waals surface area contributed by atoms with Gasteiger partial charge in [-0.2, -0.15) is 0 Å². The molecule has 0 saturated carbocycles. The van der Waals surface area contributed by atoms with E-state index in [9.17, 15) is 4.79 Å². The number of ether oxygens (including phenoxy) is 2. The van der Waals surface area contributed by atoms with E-state index in [1.54, 1.807) is 32.2 Å². The molecular formula is C20H22ClNO3. The number of benzene rings is 2. The summed E-state index contributed by atoms with van der Waals surface area (Å²) in [5.74, 6) is 1.08. The summed E-state index contributed by atoms with van der Waals surface area (Å²) in [6, 6.07) is 11.2. The van der Waals surface area contributed by atoms with E-state index in [1.807, 2.05) is 6.07 Å². The summed E-state index contributed by atoms with van der Waals surface area (Å²) >= 11 is 6.08. The van der Waals surface area contributed by atoms with E-state index in [0.717, 1.165) is 18.6 Å². The van der Waals surface area contributed by atoms with E-state index in [-0.39, 0.29) is 5.91 Å². The van der Waals surface area contributed by atoms with Crippen LogP contribution in [0.2, 0.25) is 5.02 Å². The quantitative estimate of drug-likeness (QED) is 0.846. The molecule has 1 aliphatic rings. The lowest BCUT2D eigenvalue weighted by molar-refractivity contribution is -0.122. The maximum absolute atomic E-state index is 12.4. The molecule has 0 bridgehead atoms. The van der Waals surface area contributed by atoms with E-state index in [4.69, 9.17) is 21.1 Å². The van der Waals surface area contributed by atoms with E-state index < -0.39 is 6.10 Å². The van der Waals surface area contributed by atoms with Crippen molar-refractivity contribution >= 4 is 23.2 Å². The van der Waals surface area contributed by atoms with Crippen molar-refractivity contribution in [3.8, 4) is 11.5 Å². The van der Waals surface area contributed by atoms with Crippen LogP contribution in [0.1, 0.15) is 30.9 Å². The minimum Gasteiger partial charge on any atom is -0.495 e. The molecule has 3 rings (SSSR count). The van der Waals surface area contributed by atoms with Crippen molar-refractivity contribution in [3.63, 3.8) is 0 Å². The summed E-state index contributed by atoms with van der Waals surface area (Å²) in [4.78, 5) is 12.4. The predicted octanol–water partition coefficient (Wildman–Crippen LogP) is 4.63. The van der Waals surface area contributed by atoms with Gasteiger partial charge in [-0.15, -0.1) is 0 Å². The number of carbonyl (C=O) groups excluding carboxylic acids is 1. The molecule has 1 aliphatic carbocycles. The van der Waals surface area contributed by atoms with Crippen molar-refractivity contribution in [1.29, 1.82) is 0 Å². The normalized spacial score (nSPS) is 14.4. The molecule has 2 aromatic rings. The number of fused-ring (bicyclic) bond motifs is 1. The van der Waals surface area contributed by atoms with Gasteiger partial charge in [0.05, 0.1) is 12.1 Å². The Morgan fingerprint density at radius 2 is 1.88 bits per heavy atom. The van der Waals surface area contributed by atoms with Gasteiger partial charge in [-0.25, -0.2) is 0 Å². The smallest absolute Gasteiger partial charge is 0.265 e. The van der Waals surface area contributed by atoms with Crippen LogP contribution in [-0.4, -0.2) is 19.1 Å². The first kappa shape index (κ1) is 17.6. The van der Waals surface area contributed by atoms with Crippen LogP contribution in [0.15, 0.2) is 36.4 Å². The topological polar surface area (TPSA) is 47.6 Å². The van der Waals surface area contributed by atoms with E-state index in [0.29, 0.717) is 16.5 Å². The highest BCUT2D eigenvalue weighted by atomic mass is 35.5. The Morgan fingerprint density at radius 3 is 2.60 bits per heavy atom. The van der Waals surface area contributed by atoms with Crippen LogP contribution in [0.25, 0.3) is 0 Å². The molecule has 4 nitrogen and oxygen atoms in total. The summed E-state index contributed by atoms with van der Waals surface area (Å²) in [6.45, 7) is 1.74. The minimum absolute atomic E-state index is 0.223. The van der Waals surface area contributed by atoms with E-state index in [1.165, 1.54) is 24.0 Å². The van der Waals surface area contributed by atoms with Gasteiger partial charge in [-0.05, 0) is 74.1 Å². The molecule has 0 heterocycles. The molecule has 0 radical (unpaired) electrons. The van der Waals surface area contributed by atoms with Crippen LogP contribution in [0, 0.1) is 0 Å². The Kier molecular flexibility index (Phi) is 5.49. The number of methoxy groups -OCH3 is 1. The number of amides is 1. The predicted molar refractivity (Wildman–Crippen MR) is 99.8 cm³/mol. The van der Waals surface area contributed by atoms with Gasteiger partial charge in [0.15, 0.2) is 6.10 Å². The number of hydrogen-bond donors (Lipinski definition) is 1. The van der Waals surface area contributed by atoms with Crippen molar-refractivity contribution in [2.75, 3.05) is 12.4 Å². The molecule has 5 heteroatoms. The number of halogens is 1. The van der Waals surface area contributed by atoms with E-state index in [2.05, 4.69) is 17.4 Å². The van der Waals surface area contributed by atoms with Crippen molar-refractivity contribution in [2.45, 2.75) is 38.7 Å². The average molecular weight is 360 g/mol. The molecule has 1 amide bonds. The van der Waals surface area contributed by atoms with Crippen LogP contribution < -0.4 is 14.8 Å². The molecule has 0 fully saturated rings. The highest BCUT2D eigenvalue weighted by molar-refractivity contribution is 6.32. The maximum atomic E-state index is 12.4. The van der Waals surface area contributed by atoms with Gasteiger partial charge in [-0.3, -0.25) is 4.79 Å². The first-order chi connectivity index (χ1) is 12.1. The molecule has 132 valence electrons. The van der Waals surface area contributed by atoms with Crippen molar-refractivity contribution in [1.82, 2.24) is 0 Å². The summed E-state index contributed by atoms with van der Waals surface area (Å²) in [7, 11) is 1.55.